The third-order valence-electron chi connectivity index (χ3n) is 3.79. The Morgan fingerprint density at radius 2 is 1.79 bits per heavy atom. The quantitative estimate of drug-likeness (QED) is 0.484. The predicted octanol–water partition coefficient (Wildman–Crippen LogP) is 5.16. The van der Waals surface area contributed by atoms with Crippen LogP contribution in [-0.2, 0) is 0 Å². The molecule has 0 bridgehead atoms. The van der Waals surface area contributed by atoms with Crippen LogP contribution in [0.2, 0.25) is 0 Å². The predicted molar refractivity (Wildman–Crippen MR) is 68.0 cm³/mol. The highest BCUT2D eigenvalue weighted by atomic mass is 79.9. The van der Waals surface area contributed by atoms with E-state index < -0.39 is 0 Å². The molecule has 0 nitrogen and oxygen atoms in total. The molecule has 0 heterocycles. The Kier molecular flexibility index (Phi) is 6.16. The van der Waals surface area contributed by atoms with Crippen molar-refractivity contribution in [1.82, 2.24) is 0 Å². The van der Waals surface area contributed by atoms with E-state index >= 15 is 0 Å². The number of hydrogen-bond donors (Lipinski definition) is 0. The standard InChI is InChI=1S/C13H25Br/c1-3-11(4-2)9-12-7-5-6-8-13(14)10-12/h11-13H,3-10H2,1-2H3. The summed E-state index contributed by atoms with van der Waals surface area (Å²) < 4.78 is 0. The molecule has 1 saturated carbocycles. The lowest BCUT2D eigenvalue weighted by molar-refractivity contribution is 0.328. The molecule has 0 spiro atoms. The second kappa shape index (κ2) is 6.87. The summed E-state index contributed by atoms with van der Waals surface area (Å²) in [5, 5.41) is 0. The van der Waals surface area contributed by atoms with Gasteiger partial charge in [-0.15, -0.1) is 0 Å². The van der Waals surface area contributed by atoms with Gasteiger partial charge in [0.15, 0.2) is 0 Å². The van der Waals surface area contributed by atoms with Crippen LogP contribution in [0.15, 0.2) is 0 Å². The number of hydrogen-bond acceptors (Lipinski definition) is 0. The molecule has 0 aliphatic heterocycles. The van der Waals surface area contributed by atoms with Crippen LogP contribution in [0.4, 0.5) is 0 Å². The molecule has 0 aromatic carbocycles. The zero-order valence-electron chi connectivity index (χ0n) is 9.77. The lowest BCUT2D eigenvalue weighted by atomic mass is 9.86. The molecule has 84 valence electrons. The first-order chi connectivity index (χ1) is 6.76. The van der Waals surface area contributed by atoms with Gasteiger partial charge in [-0.1, -0.05) is 61.9 Å². The molecule has 2 atom stereocenters. The van der Waals surface area contributed by atoms with Crippen molar-refractivity contribution in [1.29, 1.82) is 0 Å². The van der Waals surface area contributed by atoms with E-state index in [1.54, 1.807) is 0 Å². The zero-order valence-corrected chi connectivity index (χ0v) is 11.4. The smallest absolute Gasteiger partial charge is 0.0148 e. The second-order valence-corrected chi connectivity index (χ2v) is 6.20. The summed E-state index contributed by atoms with van der Waals surface area (Å²) in [6.07, 6.45) is 11.5. The van der Waals surface area contributed by atoms with Crippen molar-refractivity contribution in [3.63, 3.8) is 0 Å². The molecule has 0 aromatic rings. The minimum absolute atomic E-state index is 0.810. The van der Waals surface area contributed by atoms with Crippen molar-refractivity contribution in [3.8, 4) is 0 Å². The second-order valence-electron chi connectivity index (χ2n) is 4.90. The molecule has 1 aliphatic rings. The molecule has 2 unspecified atom stereocenters. The maximum atomic E-state index is 3.81. The number of halogens is 1. The molecule has 0 saturated heterocycles. The van der Waals surface area contributed by atoms with E-state index in [4.69, 9.17) is 0 Å². The highest BCUT2D eigenvalue weighted by Crippen LogP contribution is 2.33. The summed E-state index contributed by atoms with van der Waals surface area (Å²) >= 11 is 3.81. The Bertz CT molecular complexity index is 140. The van der Waals surface area contributed by atoms with Crippen LogP contribution >= 0.6 is 15.9 Å². The van der Waals surface area contributed by atoms with Gasteiger partial charge in [0.05, 0.1) is 0 Å². The van der Waals surface area contributed by atoms with Crippen molar-refractivity contribution >= 4 is 15.9 Å². The fourth-order valence-electron chi connectivity index (χ4n) is 2.70. The summed E-state index contributed by atoms with van der Waals surface area (Å²) in [5.74, 6) is 1.99. The highest BCUT2D eigenvalue weighted by Gasteiger charge is 2.20. The van der Waals surface area contributed by atoms with E-state index in [0.29, 0.717) is 0 Å². The van der Waals surface area contributed by atoms with Gasteiger partial charge in [0.2, 0.25) is 0 Å². The molecule has 0 N–H and O–H groups in total. The molecule has 1 fully saturated rings. The van der Waals surface area contributed by atoms with Gasteiger partial charge in [0.1, 0.15) is 0 Å². The average Bonchev–Trinajstić information content (AvgIpc) is 2.39. The maximum absolute atomic E-state index is 3.81. The first kappa shape index (κ1) is 12.5. The first-order valence-electron chi connectivity index (χ1n) is 6.40. The molecule has 1 rings (SSSR count). The monoisotopic (exact) mass is 260 g/mol. The van der Waals surface area contributed by atoms with Gasteiger partial charge in [-0.25, -0.2) is 0 Å². The molecular formula is C13H25Br. The molecule has 0 aromatic heterocycles. The van der Waals surface area contributed by atoms with Crippen LogP contribution in [0.1, 0.15) is 65.2 Å². The van der Waals surface area contributed by atoms with E-state index in [-0.39, 0.29) is 0 Å². The SMILES string of the molecule is CCC(CC)CC1CCCCC(Br)C1. The van der Waals surface area contributed by atoms with Gasteiger partial charge in [0, 0.05) is 4.83 Å². The molecular weight excluding hydrogens is 236 g/mol. The highest BCUT2D eigenvalue weighted by molar-refractivity contribution is 9.09. The number of alkyl halides is 1. The van der Waals surface area contributed by atoms with Crippen LogP contribution in [-0.4, -0.2) is 4.83 Å². The van der Waals surface area contributed by atoms with Gasteiger partial charge in [-0.3, -0.25) is 0 Å². The van der Waals surface area contributed by atoms with E-state index in [0.717, 1.165) is 16.7 Å². The summed E-state index contributed by atoms with van der Waals surface area (Å²) in [4.78, 5) is 0.810. The molecule has 1 heteroatoms. The van der Waals surface area contributed by atoms with E-state index in [9.17, 15) is 0 Å². The van der Waals surface area contributed by atoms with Gasteiger partial charge < -0.3 is 0 Å². The van der Waals surface area contributed by atoms with Crippen LogP contribution in [0.25, 0.3) is 0 Å². The minimum Gasteiger partial charge on any atom is -0.0891 e. The summed E-state index contributed by atoms with van der Waals surface area (Å²) in [6.45, 7) is 4.69. The van der Waals surface area contributed by atoms with Crippen molar-refractivity contribution < 1.29 is 0 Å². The van der Waals surface area contributed by atoms with Crippen molar-refractivity contribution in [2.24, 2.45) is 11.8 Å². The first-order valence-corrected chi connectivity index (χ1v) is 7.31. The van der Waals surface area contributed by atoms with Crippen molar-refractivity contribution in [3.05, 3.63) is 0 Å². The van der Waals surface area contributed by atoms with E-state index in [2.05, 4.69) is 29.8 Å². The summed E-state index contributed by atoms with van der Waals surface area (Å²) in [7, 11) is 0. The normalized spacial score (nSPS) is 29.1. The maximum Gasteiger partial charge on any atom is 0.0148 e. The lowest BCUT2D eigenvalue weighted by Crippen LogP contribution is -2.10. The zero-order chi connectivity index (χ0) is 10.4. The van der Waals surface area contributed by atoms with Crippen LogP contribution in [0, 0.1) is 11.8 Å². The van der Waals surface area contributed by atoms with Crippen LogP contribution in [0.5, 0.6) is 0 Å². The summed E-state index contributed by atoms with van der Waals surface area (Å²) in [6, 6.07) is 0. The molecule has 0 radical (unpaired) electrons. The van der Waals surface area contributed by atoms with Gasteiger partial charge in [-0.05, 0) is 31.1 Å². The Hall–Kier alpha value is 0.480. The number of rotatable bonds is 4. The van der Waals surface area contributed by atoms with Crippen LogP contribution < -0.4 is 0 Å². The van der Waals surface area contributed by atoms with Gasteiger partial charge >= 0.3 is 0 Å². The Labute approximate surface area is 98.0 Å². The van der Waals surface area contributed by atoms with E-state index in [1.165, 1.54) is 51.4 Å². The lowest BCUT2D eigenvalue weighted by Gasteiger charge is -2.21. The fraction of sp³-hybridized carbons (Fsp3) is 1.00. The summed E-state index contributed by atoms with van der Waals surface area (Å²) in [5.41, 5.74) is 0. The molecule has 14 heavy (non-hydrogen) atoms. The van der Waals surface area contributed by atoms with E-state index in [1.807, 2.05) is 0 Å². The fourth-order valence-corrected chi connectivity index (χ4v) is 3.56. The third kappa shape index (κ3) is 4.33. The van der Waals surface area contributed by atoms with Crippen LogP contribution in [0.3, 0.4) is 0 Å². The molecule has 0 amide bonds. The molecule has 1 aliphatic carbocycles. The largest absolute Gasteiger partial charge is 0.0891 e. The van der Waals surface area contributed by atoms with Gasteiger partial charge in [-0.2, -0.15) is 0 Å². The third-order valence-corrected chi connectivity index (χ3v) is 4.62. The topological polar surface area (TPSA) is 0 Å². The average molecular weight is 261 g/mol. The minimum atomic E-state index is 0.810. The van der Waals surface area contributed by atoms with Crippen molar-refractivity contribution in [2.45, 2.75) is 70.0 Å². The Morgan fingerprint density at radius 1 is 1.14 bits per heavy atom. The Balaban J connectivity index is 2.33. The Morgan fingerprint density at radius 3 is 2.43 bits per heavy atom. The van der Waals surface area contributed by atoms with Crippen molar-refractivity contribution in [2.75, 3.05) is 0 Å². The van der Waals surface area contributed by atoms with Gasteiger partial charge in [0.25, 0.3) is 0 Å².